The molecule has 1 atom stereocenters. The number of hydrogen-bond acceptors (Lipinski definition) is 5. The number of carbonyl (C=O) groups excluding carboxylic acids is 1. The van der Waals surface area contributed by atoms with Crippen molar-refractivity contribution in [3.05, 3.63) is 59.2 Å². The Bertz CT molecular complexity index is 1010. The Kier molecular flexibility index (Phi) is 4.18. The molecule has 0 aliphatic carbocycles. The van der Waals surface area contributed by atoms with E-state index in [0.29, 0.717) is 18.9 Å². The van der Waals surface area contributed by atoms with Gasteiger partial charge in [0.25, 0.3) is 5.91 Å². The summed E-state index contributed by atoms with van der Waals surface area (Å²) in [5.41, 5.74) is 1.21. The molecule has 144 valence electrons. The van der Waals surface area contributed by atoms with Crippen molar-refractivity contribution in [3.8, 4) is 0 Å². The number of benzene rings is 1. The van der Waals surface area contributed by atoms with Gasteiger partial charge in [-0.05, 0) is 25.3 Å². The minimum Gasteiger partial charge on any atom is -0.326 e. The Hall–Kier alpha value is -3.03. The predicted molar refractivity (Wildman–Crippen MR) is 102 cm³/mol. The van der Waals surface area contributed by atoms with E-state index in [1.807, 2.05) is 27.7 Å². The van der Waals surface area contributed by atoms with Gasteiger partial charge in [-0.1, -0.05) is 30.3 Å². The lowest BCUT2D eigenvalue weighted by molar-refractivity contribution is 0.0660. The number of amides is 1. The molecule has 4 heterocycles. The number of aryl methyl sites for hydroxylation is 1. The lowest BCUT2D eigenvalue weighted by Gasteiger charge is -2.32. The van der Waals surface area contributed by atoms with Crippen molar-refractivity contribution in [1.29, 1.82) is 0 Å². The molecule has 0 unspecified atom stereocenters. The van der Waals surface area contributed by atoms with Gasteiger partial charge in [-0.3, -0.25) is 4.79 Å². The van der Waals surface area contributed by atoms with Crippen molar-refractivity contribution in [2.24, 2.45) is 0 Å². The topological polar surface area (TPSA) is 81.7 Å². The maximum absolute atomic E-state index is 13.1. The van der Waals surface area contributed by atoms with E-state index in [1.165, 1.54) is 5.56 Å². The summed E-state index contributed by atoms with van der Waals surface area (Å²) in [7, 11) is 0. The average molecular weight is 377 g/mol. The van der Waals surface area contributed by atoms with Gasteiger partial charge >= 0.3 is 0 Å². The molecular weight excluding hydrogens is 354 g/mol. The van der Waals surface area contributed by atoms with Crippen molar-refractivity contribution in [3.63, 3.8) is 0 Å². The zero-order chi connectivity index (χ0) is 19.1. The van der Waals surface area contributed by atoms with Gasteiger partial charge in [-0.25, -0.2) is 0 Å². The van der Waals surface area contributed by atoms with Crippen molar-refractivity contribution >= 4 is 5.91 Å². The van der Waals surface area contributed by atoms with Crippen molar-refractivity contribution in [1.82, 2.24) is 34.4 Å². The molecule has 0 N–H and O–H groups in total. The van der Waals surface area contributed by atoms with Crippen LogP contribution in [0, 0.1) is 0 Å². The summed E-state index contributed by atoms with van der Waals surface area (Å²) in [6, 6.07) is 10.4. The molecule has 3 aromatic rings. The van der Waals surface area contributed by atoms with E-state index in [2.05, 4.69) is 44.0 Å². The Morgan fingerprint density at radius 3 is 2.75 bits per heavy atom. The molecule has 1 aromatic carbocycles. The van der Waals surface area contributed by atoms with Crippen molar-refractivity contribution in [2.75, 3.05) is 6.54 Å². The third-order valence-corrected chi connectivity index (χ3v) is 5.64. The predicted octanol–water partition coefficient (Wildman–Crippen LogP) is 2.01. The van der Waals surface area contributed by atoms with Crippen LogP contribution >= 0.6 is 0 Å². The molecule has 28 heavy (non-hydrogen) atoms. The minimum absolute atomic E-state index is 0.0636. The Morgan fingerprint density at radius 1 is 1.07 bits per heavy atom. The van der Waals surface area contributed by atoms with E-state index in [9.17, 15) is 4.79 Å². The highest BCUT2D eigenvalue weighted by Gasteiger charge is 2.32. The molecule has 1 amide bonds. The Balaban J connectivity index is 1.39. The molecule has 0 spiro atoms. The van der Waals surface area contributed by atoms with Crippen LogP contribution in [0.3, 0.4) is 0 Å². The molecule has 0 fully saturated rings. The third kappa shape index (κ3) is 2.89. The first kappa shape index (κ1) is 17.1. The lowest BCUT2D eigenvalue weighted by Crippen LogP contribution is -2.42. The number of nitrogens with zero attached hydrogens (tertiary/aromatic N) is 7. The normalized spacial score (nSPS) is 18.6. The summed E-state index contributed by atoms with van der Waals surface area (Å²) in [6.07, 6.45) is 3.82. The van der Waals surface area contributed by atoms with Gasteiger partial charge in [0.2, 0.25) is 5.82 Å². The minimum atomic E-state index is -0.0636. The average Bonchev–Trinajstić information content (AvgIpc) is 3.33. The monoisotopic (exact) mass is 377 g/mol. The summed E-state index contributed by atoms with van der Waals surface area (Å²) in [5.74, 6) is 3.09. The van der Waals surface area contributed by atoms with Gasteiger partial charge in [0.05, 0.1) is 12.6 Å². The van der Waals surface area contributed by atoms with E-state index in [4.69, 9.17) is 0 Å². The molecule has 0 bridgehead atoms. The van der Waals surface area contributed by atoms with Gasteiger partial charge in [-0.15, -0.1) is 20.4 Å². The molecule has 0 saturated heterocycles. The van der Waals surface area contributed by atoms with Crippen LogP contribution in [0.4, 0.5) is 0 Å². The summed E-state index contributed by atoms with van der Waals surface area (Å²) in [6.45, 7) is 4.01. The molecule has 5 rings (SSSR count). The molecule has 8 heteroatoms. The first-order valence-corrected chi connectivity index (χ1v) is 9.88. The third-order valence-electron chi connectivity index (χ3n) is 5.64. The fraction of sp³-hybridized carbons (Fsp3) is 0.450. The highest BCUT2D eigenvalue weighted by atomic mass is 16.2. The fourth-order valence-corrected chi connectivity index (χ4v) is 4.27. The van der Waals surface area contributed by atoms with E-state index in [1.54, 1.807) is 0 Å². The maximum atomic E-state index is 13.1. The summed E-state index contributed by atoms with van der Waals surface area (Å²) < 4.78 is 4.16. The van der Waals surface area contributed by atoms with Crippen LogP contribution in [0.25, 0.3) is 0 Å². The molecular formula is C20H23N7O. The first-order chi connectivity index (χ1) is 13.7. The number of aromatic nitrogens is 6. The highest BCUT2D eigenvalue weighted by molar-refractivity contribution is 5.90. The molecule has 0 radical (unpaired) electrons. The summed E-state index contributed by atoms with van der Waals surface area (Å²) >= 11 is 0. The number of carbonyl (C=O) groups is 1. The molecule has 8 nitrogen and oxygen atoms in total. The molecule has 2 aromatic heterocycles. The van der Waals surface area contributed by atoms with Crippen LogP contribution in [0.15, 0.2) is 30.3 Å². The van der Waals surface area contributed by atoms with Crippen LogP contribution in [0.1, 0.15) is 59.5 Å². The van der Waals surface area contributed by atoms with Gasteiger partial charge in [0, 0.05) is 25.9 Å². The number of fused-ring (bicyclic) bond motifs is 2. The Labute approximate surface area is 163 Å². The van der Waals surface area contributed by atoms with Gasteiger partial charge in [-0.2, -0.15) is 0 Å². The van der Waals surface area contributed by atoms with Crippen molar-refractivity contribution < 1.29 is 4.79 Å². The molecule has 2 aliphatic rings. The largest absolute Gasteiger partial charge is 0.326 e. The second-order valence-electron chi connectivity index (χ2n) is 7.65. The fourth-order valence-electron chi connectivity index (χ4n) is 4.27. The maximum Gasteiger partial charge on any atom is 0.292 e. The van der Waals surface area contributed by atoms with Crippen LogP contribution in [-0.4, -0.2) is 46.9 Å². The first-order valence-electron chi connectivity index (χ1n) is 9.88. The van der Waals surface area contributed by atoms with Crippen LogP contribution in [0.2, 0.25) is 0 Å². The second kappa shape index (κ2) is 6.85. The number of rotatable bonds is 3. The standard InChI is InChI=1S/C20H23N7O/c1-14-12-25(20(28)19-24-21-16-9-5-6-10-26(16)19)13-18-23-22-17(27(14)18)11-15-7-3-2-4-8-15/h2-4,7-8,14H,5-6,9-13H2,1H3/t14-/m0/s1. The van der Waals surface area contributed by atoms with Gasteiger partial charge in [0.15, 0.2) is 5.82 Å². The molecule has 0 saturated carbocycles. The van der Waals surface area contributed by atoms with Crippen LogP contribution < -0.4 is 0 Å². The SMILES string of the molecule is C[C@H]1CN(C(=O)c2nnc3n2CCCC3)Cc2nnc(Cc3ccccc3)n21. The summed E-state index contributed by atoms with van der Waals surface area (Å²) in [4.78, 5) is 15.0. The number of hydrogen-bond donors (Lipinski definition) is 0. The second-order valence-corrected chi connectivity index (χ2v) is 7.65. The highest BCUT2D eigenvalue weighted by Crippen LogP contribution is 2.25. The van der Waals surface area contributed by atoms with Crippen molar-refractivity contribution in [2.45, 2.75) is 51.7 Å². The van der Waals surface area contributed by atoms with Crippen LogP contribution in [0.5, 0.6) is 0 Å². The van der Waals surface area contributed by atoms with Gasteiger partial charge < -0.3 is 14.0 Å². The van der Waals surface area contributed by atoms with E-state index in [0.717, 1.165) is 49.7 Å². The zero-order valence-corrected chi connectivity index (χ0v) is 16.0. The van der Waals surface area contributed by atoms with E-state index < -0.39 is 0 Å². The molecule has 2 aliphatic heterocycles. The smallest absolute Gasteiger partial charge is 0.292 e. The zero-order valence-electron chi connectivity index (χ0n) is 16.0. The van der Waals surface area contributed by atoms with Crippen LogP contribution in [-0.2, 0) is 25.9 Å². The Morgan fingerprint density at radius 2 is 1.89 bits per heavy atom. The van der Waals surface area contributed by atoms with E-state index >= 15 is 0 Å². The van der Waals surface area contributed by atoms with E-state index in [-0.39, 0.29) is 11.9 Å². The lowest BCUT2D eigenvalue weighted by atomic mass is 10.1. The quantitative estimate of drug-likeness (QED) is 0.697. The summed E-state index contributed by atoms with van der Waals surface area (Å²) in [5, 5.41) is 17.2. The van der Waals surface area contributed by atoms with Gasteiger partial charge in [0.1, 0.15) is 11.6 Å².